The van der Waals surface area contributed by atoms with Gasteiger partial charge in [-0.2, -0.15) is 19.0 Å². The van der Waals surface area contributed by atoms with Crippen LogP contribution in [-0.4, -0.2) is 24.4 Å². The van der Waals surface area contributed by atoms with E-state index in [9.17, 15) is 0 Å². The quantitative estimate of drug-likeness (QED) is 0.434. The second kappa shape index (κ2) is 3.26. The minimum Gasteiger partial charge on any atom is -0.389 e. The lowest BCUT2D eigenvalue weighted by molar-refractivity contribution is 0.0792. The summed E-state index contributed by atoms with van der Waals surface area (Å²) in [5.41, 5.74) is 2.52. The minimum absolute atomic E-state index is 0. The fourth-order valence-electron chi connectivity index (χ4n) is 0.369. The van der Waals surface area contributed by atoms with Crippen LogP contribution >= 0.6 is 13.5 Å². The molecule has 1 rings (SSSR count). The van der Waals surface area contributed by atoms with Crippen molar-refractivity contribution in [2.45, 2.75) is 6.10 Å². The van der Waals surface area contributed by atoms with Gasteiger partial charge in [0.25, 0.3) is 0 Å². The maximum absolute atomic E-state index is 8.54. The van der Waals surface area contributed by atoms with E-state index >= 15 is 0 Å². The van der Waals surface area contributed by atoms with Crippen LogP contribution in [0.1, 0.15) is 0 Å². The first-order valence-electron chi connectivity index (χ1n) is 1.92. The normalized spacial score (nSPS) is 29.6. The molecule has 1 atom stereocenters. The highest BCUT2D eigenvalue weighted by Gasteiger charge is 2.09. The molecule has 1 saturated heterocycles. The van der Waals surface area contributed by atoms with Crippen LogP contribution in [0.3, 0.4) is 0 Å². The van der Waals surface area contributed by atoms with Crippen molar-refractivity contribution < 1.29 is 9.94 Å². The van der Waals surface area contributed by atoms with Crippen molar-refractivity contribution in [1.29, 1.82) is 0 Å². The van der Waals surface area contributed by atoms with Gasteiger partial charge in [-0.15, -0.1) is 0 Å². The van der Waals surface area contributed by atoms with Crippen molar-refractivity contribution in [2.75, 3.05) is 13.2 Å². The molecular weight excluding hydrogens is 114 g/mol. The van der Waals surface area contributed by atoms with E-state index < -0.39 is 0 Å². The first-order chi connectivity index (χ1) is 2.89. The van der Waals surface area contributed by atoms with Gasteiger partial charge < -0.3 is 5.11 Å². The van der Waals surface area contributed by atoms with Crippen LogP contribution in [0.5, 0.6) is 0 Å². The molecule has 0 bridgehead atoms. The third kappa shape index (κ3) is 2.13. The molecule has 4 heteroatoms. The predicted octanol–water partition coefficient (Wildman–Crippen LogP) is -1.01. The van der Waals surface area contributed by atoms with E-state index in [0.29, 0.717) is 13.2 Å². The Morgan fingerprint density at radius 1 is 1.71 bits per heavy atom. The molecule has 0 saturated carbocycles. The third-order valence-electron chi connectivity index (χ3n) is 0.697. The van der Waals surface area contributed by atoms with E-state index in [1.165, 1.54) is 0 Å². The van der Waals surface area contributed by atoms with Crippen LogP contribution in [0.15, 0.2) is 0 Å². The molecule has 0 radical (unpaired) electrons. The summed E-state index contributed by atoms with van der Waals surface area (Å²) in [5, 5.41) is 8.54. The molecule has 1 fully saturated rings. The molecule has 7 heavy (non-hydrogen) atoms. The zero-order chi connectivity index (χ0) is 4.41. The van der Waals surface area contributed by atoms with Crippen LogP contribution in [0.2, 0.25) is 0 Å². The molecule has 0 aromatic carbocycles. The smallest absolute Gasteiger partial charge is 0.0955 e. The van der Waals surface area contributed by atoms with Crippen molar-refractivity contribution in [3.05, 3.63) is 0 Å². The maximum atomic E-state index is 8.54. The highest BCUT2D eigenvalue weighted by Crippen LogP contribution is 1.87. The zero-order valence-corrected chi connectivity index (χ0v) is 4.85. The van der Waals surface area contributed by atoms with Crippen molar-refractivity contribution >= 4 is 13.5 Å². The Morgan fingerprint density at radius 2 is 2.43 bits per heavy atom. The predicted molar refractivity (Wildman–Crippen MR) is 30.3 cm³/mol. The number of hydrogen-bond acceptors (Lipinski definition) is 3. The first kappa shape index (κ1) is 7.23. The topological polar surface area (TPSA) is 41.5 Å². The van der Waals surface area contributed by atoms with Gasteiger partial charge in [0.1, 0.15) is 0 Å². The van der Waals surface area contributed by atoms with E-state index in [1.807, 2.05) is 0 Å². The second-order valence-electron chi connectivity index (χ2n) is 1.31. The molecule has 0 unspecified atom stereocenters. The fraction of sp³-hybridized carbons (Fsp3) is 1.00. The number of hydroxylamine groups is 1. The Bertz CT molecular complexity index is 46.2. The maximum Gasteiger partial charge on any atom is 0.0955 e. The lowest BCUT2D eigenvalue weighted by atomic mass is 10.4. The summed E-state index contributed by atoms with van der Waals surface area (Å²) in [6, 6.07) is 0. The minimum atomic E-state index is -0.287. The molecule has 44 valence electrons. The van der Waals surface area contributed by atoms with Crippen molar-refractivity contribution in [3.8, 4) is 0 Å². The molecule has 1 aliphatic heterocycles. The molecule has 1 aliphatic rings. The summed E-state index contributed by atoms with van der Waals surface area (Å²) < 4.78 is 0. The standard InChI is InChI=1S/C3H7NO2.H2S/c5-3-1-4-6-2-3;/h3-5H,1-2H2;1H2/t3-;/m0./s1. The monoisotopic (exact) mass is 123 g/mol. The van der Waals surface area contributed by atoms with Crippen LogP contribution in [0, 0.1) is 0 Å². The summed E-state index contributed by atoms with van der Waals surface area (Å²) >= 11 is 0. The van der Waals surface area contributed by atoms with Crippen molar-refractivity contribution in [1.82, 2.24) is 5.48 Å². The molecule has 0 spiro atoms. The van der Waals surface area contributed by atoms with Gasteiger partial charge in [-0.05, 0) is 0 Å². The van der Waals surface area contributed by atoms with Gasteiger partial charge in [0, 0.05) is 6.54 Å². The van der Waals surface area contributed by atoms with Crippen molar-refractivity contribution in [2.24, 2.45) is 0 Å². The molecule has 0 amide bonds. The Morgan fingerprint density at radius 3 is 2.57 bits per heavy atom. The Balaban J connectivity index is 0.000000360. The van der Waals surface area contributed by atoms with E-state index in [2.05, 4.69) is 10.3 Å². The van der Waals surface area contributed by atoms with Gasteiger partial charge >= 0.3 is 0 Å². The SMILES string of the molecule is O[C@H]1CNOC1.S. The summed E-state index contributed by atoms with van der Waals surface area (Å²) in [6.45, 7) is 1.00. The number of rotatable bonds is 0. The highest BCUT2D eigenvalue weighted by atomic mass is 32.1. The van der Waals surface area contributed by atoms with Crippen molar-refractivity contribution in [3.63, 3.8) is 0 Å². The summed E-state index contributed by atoms with van der Waals surface area (Å²) in [6.07, 6.45) is -0.287. The van der Waals surface area contributed by atoms with E-state index in [-0.39, 0.29) is 19.6 Å². The average molecular weight is 123 g/mol. The van der Waals surface area contributed by atoms with Crippen LogP contribution in [0.25, 0.3) is 0 Å². The number of hydrogen-bond donors (Lipinski definition) is 2. The number of aliphatic hydroxyl groups excluding tert-OH is 1. The summed E-state index contributed by atoms with van der Waals surface area (Å²) in [5.74, 6) is 0. The van der Waals surface area contributed by atoms with E-state index in [0.717, 1.165) is 0 Å². The lowest BCUT2D eigenvalue weighted by Crippen LogP contribution is -2.12. The Labute approximate surface area is 49.1 Å². The lowest BCUT2D eigenvalue weighted by Gasteiger charge is -1.87. The second-order valence-corrected chi connectivity index (χ2v) is 1.31. The van der Waals surface area contributed by atoms with Gasteiger partial charge in [-0.1, -0.05) is 0 Å². The average Bonchev–Trinajstić information content (AvgIpc) is 1.86. The van der Waals surface area contributed by atoms with Crippen LogP contribution < -0.4 is 5.48 Å². The van der Waals surface area contributed by atoms with Gasteiger partial charge in [-0.3, -0.25) is 4.84 Å². The third-order valence-corrected chi connectivity index (χ3v) is 0.697. The molecule has 0 aromatic heterocycles. The molecule has 1 heterocycles. The molecule has 3 nitrogen and oxygen atoms in total. The highest BCUT2D eigenvalue weighted by molar-refractivity contribution is 7.59. The summed E-state index contributed by atoms with van der Waals surface area (Å²) in [4.78, 5) is 4.56. The Kier molecular flexibility index (Phi) is 3.37. The van der Waals surface area contributed by atoms with Gasteiger partial charge in [0.2, 0.25) is 0 Å². The first-order valence-corrected chi connectivity index (χ1v) is 1.92. The number of β-amino-alcohol motifs (C(OH)–C–C–N with tert-alkyl or cyclic N) is 1. The summed E-state index contributed by atoms with van der Waals surface area (Å²) in [7, 11) is 0. The van der Waals surface area contributed by atoms with E-state index in [4.69, 9.17) is 5.11 Å². The van der Waals surface area contributed by atoms with E-state index in [1.54, 1.807) is 0 Å². The van der Waals surface area contributed by atoms with Crippen LogP contribution in [-0.2, 0) is 4.84 Å². The molecular formula is C3H9NO2S. The molecule has 0 aromatic rings. The molecule has 2 N–H and O–H groups in total. The van der Waals surface area contributed by atoms with Gasteiger partial charge in [-0.25, -0.2) is 0 Å². The van der Waals surface area contributed by atoms with Gasteiger partial charge in [0.05, 0.1) is 12.7 Å². The molecule has 0 aliphatic carbocycles. The number of nitrogens with one attached hydrogen (secondary N) is 1. The Hall–Kier alpha value is 0.230. The van der Waals surface area contributed by atoms with Crippen LogP contribution in [0.4, 0.5) is 0 Å². The zero-order valence-electron chi connectivity index (χ0n) is 3.85. The number of aliphatic hydroxyl groups is 1. The largest absolute Gasteiger partial charge is 0.389 e. The fourth-order valence-corrected chi connectivity index (χ4v) is 0.369. The van der Waals surface area contributed by atoms with Gasteiger partial charge in [0.15, 0.2) is 0 Å².